The Kier molecular flexibility index (Phi) is 10.8. The summed E-state index contributed by atoms with van der Waals surface area (Å²) in [6, 6.07) is 29.3. The van der Waals surface area contributed by atoms with Crippen LogP contribution in [0.25, 0.3) is 168 Å². The second-order valence-corrected chi connectivity index (χ2v) is 29.4. The van der Waals surface area contributed by atoms with E-state index < -0.39 is 27.9 Å². The van der Waals surface area contributed by atoms with E-state index in [1.807, 2.05) is 124 Å². The lowest BCUT2D eigenvalue weighted by molar-refractivity contribution is -0.644. The van der Waals surface area contributed by atoms with Crippen molar-refractivity contribution in [1.29, 1.82) is 0 Å². The maximum absolute atomic E-state index is 8.35. The van der Waals surface area contributed by atoms with Gasteiger partial charge in [0.15, 0.2) is 26.6 Å². The summed E-state index contributed by atoms with van der Waals surface area (Å²) in [7, 11) is 2.13. The van der Waals surface area contributed by atoms with Crippen molar-refractivity contribution in [2.45, 2.75) is 32.7 Å². The average Bonchev–Trinajstić information content (AvgIpc) is 1.58. The molecule has 21 aromatic rings. The Balaban J connectivity index is 0.0000000894. The number of thiazole rings is 2. The van der Waals surface area contributed by atoms with Crippen LogP contribution < -0.4 is 22.8 Å². The Morgan fingerprint density at radius 1 is 0.396 bits per heavy atom. The molecule has 0 N–H and O–H groups in total. The fraction of sp³-hybridized carbons (Fsp3) is 0.123. The number of furan rings is 1. The number of pyridine rings is 10. The molecule has 5 aliphatic rings. The summed E-state index contributed by atoms with van der Waals surface area (Å²) < 4.78 is 127. The Labute approximate surface area is 630 Å². The van der Waals surface area contributed by atoms with E-state index in [2.05, 4.69) is 91.9 Å². The lowest BCUT2D eigenvalue weighted by atomic mass is 10.2. The van der Waals surface area contributed by atoms with Gasteiger partial charge in [0.1, 0.15) is 57.8 Å². The first-order valence-corrected chi connectivity index (χ1v) is 36.3. The number of hydrogen-bond acceptors (Lipinski definition) is 14. The van der Waals surface area contributed by atoms with E-state index in [1.165, 1.54) is 72.6 Å². The van der Waals surface area contributed by atoms with E-state index in [0.29, 0.717) is 66.1 Å². The van der Waals surface area contributed by atoms with Crippen LogP contribution in [0.15, 0.2) is 219 Å². The Morgan fingerprint density at radius 2 is 0.877 bits per heavy atom. The minimum absolute atomic E-state index is 0.345. The number of hydrogen-bond donors (Lipinski definition) is 0. The lowest BCUT2D eigenvalue weighted by Crippen LogP contribution is -2.32. The van der Waals surface area contributed by atoms with Crippen molar-refractivity contribution in [2.75, 3.05) is 0 Å². The Morgan fingerprint density at radius 3 is 1.49 bits per heavy atom. The lowest BCUT2D eigenvalue weighted by Gasteiger charge is -2.03. The van der Waals surface area contributed by atoms with Gasteiger partial charge in [-0.3, -0.25) is 49.8 Å². The van der Waals surface area contributed by atoms with Gasteiger partial charge in [-0.15, -0.1) is 0 Å². The van der Waals surface area contributed by atoms with Gasteiger partial charge in [0.25, 0.3) is 17.3 Å². The van der Waals surface area contributed by atoms with Crippen LogP contribution in [0, 0.1) is 0 Å². The van der Waals surface area contributed by atoms with Crippen molar-refractivity contribution in [2.24, 2.45) is 35.0 Å². The van der Waals surface area contributed by atoms with Crippen molar-refractivity contribution in [3.8, 4) is 61.0 Å². The number of para-hydroxylation sites is 1. The van der Waals surface area contributed by atoms with Crippen LogP contribution in [0.2, 0.25) is 0 Å². The van der Waals surface area contributed by atoms with Crippen LogP contribution in [0.1, 0.15) is 44.3 Å². The molecular formula is C81H60N21OS3+5. The molecule has 5 aliphatic heterocycles. The molecule has 0 spiro atoms. The summed E-state index contributed by atoms with van der Waals surface area (Å²) in [5.41, 5.74) is 20.7. The van der Waals surface area contributed by atoms with Crippen molar-refractivity contribution in [3.63, 3.8) is 0 Å². The summed E-state index contributed by atoms with van der Waals surface area (Å²) in [6.45, 7) is -5.70. The van der Waals surface area contributed by atoms with E-state index in [-0.39, 0.29) is 0 Å². The molecular weight excluding hydrogens is 1380 g/mol. The predicted molar refractivity (Wildman–Crippen MR) is 409 cm³/mol. The minimum atomic E-state index is -2.36. The highest BCUT2D eigenvalue weighted by atomic mass is 32.1. The van der Waals surface area contributed by atoms with Crippen LogP contribution >= 0.6 is 34.0 Å². The molecule has 0 amide bonds. The molecule has 0 saturated carbocycles. The number of fused-ring (bicyclic) bond motifs is 35. The van der Waals surface area contributed by atoms with Crippen LogP contribution in [0.3, 0.4) is 0 Å². The van der Waals surface area contributed by atoms with E-state index in [4.69, 9.17) is 20.9 Å². The van der Waals surface area contributed by atoms with Gasteiger partial charge in [-0.2, -0.15) is 4.57 Å². The molecule has 0 aliphatic carbocycles. The van der Waals surface area contributed by atoms with Crippen molar-refractivity contribution >= 4 is 141 Å². The zero-order chi connectivity index (χ0) is 80.3. The van der Waals surface area contributed by atoms with E-state index >= 15 is 0 Å². The summed E-state index contributed by atoms with van der Waals surface area (Å²) in [4.78, 5) is 42.8. The van der Waals surface area contributed by atoms with Gasteiger partial charge >= 0.3 is 17.0 Å². The van der Waals surface area contributed by atoms with E-state index in [0.717, 1.165) is 120 Å². The molecule has 22 nitrogen and oxygen atoms in total. The molecule has 0 radical (unpaired) electrons. The van der Waals surface area contributed by atoms with Gasteiger partial charge in [0, 0.05) is 157 Å². The van der Waals surface area contributed by atoms with Crippen LogP contribution in [0.4, 0.5) is 0 Å². The largest absolute Gasteiger partial charge is 0.417 e. The van der Waals surface area contributed by atoms with Crippen LogP contribution in [-0.4, -0.2) is 77.2 Å². The van der Waals surface area contributed by atoms with Crippen molar-refractivity contribution < 1.29 is 43.7 Å². The van der Waals surface area contributed by atoms with Crippen LogP contribution in [-0.2, 0) is 67.7 Å². The number of benzene rings is 1. The maximum Gasteiger partial charge on any atom is 0.339 e. The van der Waals surface area contributed by atoms with Gasteiger partial charge in [-0.05, 0) is 60.7 Å². The molecule has 508 valence electrons. The third-order valence-electron chi connectivity index (χ3n) is 20.9. The first-order valence-electron chi connectivity index (χ1n) is 39.9. The quantitative estimate of drug-likeness (QED) is 0.142. The van der Waals surface area contributed by atoms with Gasteiger partial charge in [-0.1, -0.05) is 52.2 Å². The van der Waals surface area contributed by atoms with E-state index in [1.54, 1.807) is 110 Å². The Bertz CT molecular complexity index is 7630. The summed E-state index contributed by atoms with van der Waals surface area (Å²) >= 11 is 4.92. The number of nitrogens with zero attached hydrogens (tertiary/aromatic N) is 21. The summed E-state index contributed by atoms with van der Waals surface area (Å²) in [5, 5.41) is 7.37. The second kappa shape index (κ2) is 23.0. The van der Waals surface area contributed by atoms with E-state index in [9.17, 15) is 0 Å². The number of rotatable bonds is 1. The molecule has 25 heterocycles. The highest BCUT2D eigenvalue weighted by molar-refractivity contribution is 7.25. The van der Waals surface area contributed by atoms with Gasteiger partial charge in [0.05, 0.1) is 124 Å². The summed E-state index contributed by atoms with van der Waals surface area (Å²) in [6.07, 6.45) is 35.5. The average molecular weight is 1450 g/mol. The first kappa shape index (κ1) is 49.6. The first-order chi connectivity index (χ1) is 57.1. The molecule has 20 aromatic heterocycles. The van der Waals surface area contributed by atoms with Crippen LogP contribution in [0.5, 0.6) is 0 Å². The monoisotopic (exact) mass is 1450 g/mol. The molecule has 25 heteroatoms. The smallest absolute Gasteiger partial charge is 0.339 e. The fourth-order valence-electron chi connectivity index (χ4n) is 16.2. The zero-order valence-electron chi connectivity index (χ0n) is 67.8. The standard InChI is InChI=1S/C21H16N5.C15H11N4O.3C15H11N4S/c1-24-20-17-11-22-9-7-14(17)13-25(20)19-16-8-10-23-12-18(16)26(21(19)24)15-5-3-2-4-6-15;1-18-14-11-6-16-4-2-9(11)8-19(14)13-10-3-5-17-7-12(10)20-15(13)18;2*1-18-12-3-5-17-7-11(12)13-14(18)19-8-9-2-4-16-6-10(9)15(19)20-13;1-18-14-11-6-16-4-2-9(11)8-19(14)13-10-3-5-17-7-12(10)20-15(13)18/h2-12H,13H2,1H3;4*2-7H,8H2,1H3/q5*+1/i3*1D3;;1D3. The molecule has 0 fully saturated rings. The van der Waals surface area contributed by atoms with Gasteiger partial charge < -0.3 is 4.42 Å². The minimum Gasteiger partial charge on any atom is -0.417 e. The molecule has 1 aromatic carbocycles. The summed E-state index contributed by atoms with van der Waals surface area (Å²) in [5.74, 6) is 2.00. The molecule has 0 bridgehead atoms. The van der Waals surface area contributed by atoms with Gasteiger partial charge in [-0.25, -0.2) is 45.7 Å². The van der Waals surface area contributed by atoms with Crippen molar-refractivity contribution in [3.05, 3.63) is 243 Å². The fourth-order valence-corrected chi connectivity index (χ4v) is 20.0. The number of aryl methyl sites for hydroxylation is 5. The molecule has 0 atom stereocenters. The SMILES string of the molecule is Cn1c2ccncc2c2sc3[n+](c21)Cc1ccncc1-3.[2H]C([2H])([2H])[n+]1c2n(c3c4ccncc4n(-c4ccccc4)c31)Cc1ccncc1-2.[2H]C([2H])([2H])[n+]1c2n(c3c4ccncc4oc31)Cc1ccncc1-2.[2H]C([2H])([2H])[n+]1c2n(c3c4ccncc4sc31)Cc1ccncc1-2.[2H]C([2H])([2H])n1c2ccncc2c2sc3[n+](c21)Cc1ccncc1-3. The molecule has 0 unspecified atom stereocenters. The second-order valence-electron chi connectivity index (χ2n) is 26.4. The zero-order valence-corrected chi connectivity index (χ0v) is 58.2. The Hall–Kier alpha value is -13.0. The third-order valence-corrected chi connectivity index (χ3v) is 24.5. The number of imidazole rings is 3. The highest BCUT2D eigenvalue weighted by Crippen LogP contribution is 2.44. The molecule has 26 rings (SSSR count). The maximum atomic E-state index is 8.35. The highest BCUT2D eigenvalue weighted by Gasteiger charge is 2.40. The van der Waals surface area contributed by atoms with Gasteiger partial charge in [0.2, 0.25) is 16.2 Å². The molecule has 0 saturated heterocycles. The molecule has 106 heavy (non-hydrogen) atoms. The predicted octanol–water partition coefficient (Wildman–Crippen LogP) is 12.8. The normalized spacial score (nSPS) is 15.1. The van der Waals surface area contributed by atoms with Crippen molar-refractivity contribution in [1.82, 2.24) is 77.2 Å². The third kappa shape index (κ3) is 8.59. The number of thiophene rings is 1. The number of aromatic nitrogens is 21. The topological polar surface area (TPSA) is 191 Å².